The predicted molar refractivity (Wildman–Crippen MR) is 75.7 cm³/mol. The molecule has 0 saturated carbocycles. The summed E-state index contributed by atoms with van der Waals surface area (Å²) in [6.45, 7) is 1.84. The van der Waals surface area contributed by atoms with Crippen LogP contribution >= 0.6 is 15.9 Å². The van der Waals surface area contributed by atoms with Gasteiger partial charge in [-0.25, -0.2) is 4.39 Å². The van der Waals surface area contributed by atoms with Gasteiger partial charge in [-0.3, -0.25) is 9.59 Å². The lowest BCUT2D eigenvalue weighted by Gasteiger charge is -2.19. The average Bonchev–Trinajstić information content (AvgIpc) is 2.39. The van der Waals surface area contributed by atoms with E-state index in [1.807, 2.05) is 6.92 Å². The van der Waals surface area contributed by atoms with E-state index in [2.05, 4.69) is 21.2 Å². The van der Waals surface area contributed by atoms with Crippen molar-refractivity contribution in [3.8, 4) is 0 Å². The summed E-state index contributed by atoms with van der Waals surface area (Å²) in [5, 5.41) is 2.60. The summed E-state index contributed by atoms with van der Waals surface area (Å²) in [7, 11) is 1.57. The first-order valence-electron chi connectivity index (χ1n) is 5.88. The Kier molecular flexibility index (Phi) is 5.95. The van der Waals surface area contributed by atoms with Gasteiger partial charge in [0.15, 0.2) is 0 Å². The Bertz CT molecular complexity index is 450. The van der Waals surface area contributed by atoms with E-state index >= 15 is 0 Å². The lowest BCUT2D eigenvalue weighted by molar-refractivity contribution is -0.132. The Balaban J connectivity index is 2.51. The number of carbonyl (C=O) groups excluding carboxylic acids is 2. The number of amides is 2. The SMILES string of the molecule is CCC(Br)C(=O)N(C)CC(=O)Nc1ccc(F)cc1. The summed E-state index contributed by atoms with van der Waals surface area (Å²) in [5.74, 6) is -0.828. The second kappa shape index (κ2) is 7.23. The van der Waals surface area contributed by atoms with E-state index in [9.17, 15) is 14.0 Å². The maximum Gasteiger partial charge on any atom is 0.243 e. The van der Waals surface area contributed by atoms with Gasteiger partial charge in [0.1, 0.15) is 5.82 Å². The van der Waals surface area contributed by atoms with Crippen LogP contribution in [0.5, 0.6) is 0 Å². The molecule has 0 saturated heterocycles. The van der Waals surface area contributed by atoms with Crippen LogP contribution in [0.15, 0.2) is 24.3 Å². The number of nitrogens with one attached hydrogen (secondary N) is 1. The number of carbonyl (C=O) groups is 2. The quantitative estimate of drug-likeness (QED) is 0.843. The second-order valence-corrected chi connectivity index (χ2v) is 5.23. The number of halogens is 2. The average molecular weight is 331 g/mol. The molecule has 19 heavy (non-hydrogen) atoms. The van der Waals surface area contributed by atoms with E-state index in [-0.39, 0.29) is 29.0 Å². The van der Waals surface area contributed by atoms with Gasteiger partial charge in [-0.15, -0.1) is 0 Å². The lowest BCUT2D eigenvalue weighted by Crippen LogP contribution is -2.38. The normalized spacial score (nSPS) is 11.8. The highest BCUT2D eigenvalue weighted by molar-refractivity contribution is 9.10. The molecule has 0 fully saturated rings. The highest BCUT2D eigenvalue weighted by Crippen LogP contribution is 2.10. The van der Waals surface area contributed by atoms with Gasteiger partial charge in [0, 0.05) is 12.7 Å². The summed E-state index contributed by atoms with van der Waals surface area (Å²) in [6.07, 6.45) is 0.656. The van der Waals surface area contributed by atoms with Crippen molar-refractivity contribution in [2.24, 2.45) is 0 Å². The van der Waals surface area contributed by atoms with Gasteiger partial charge in [-0.2, -0.15) is 0 Å². The number of likely N-dealkylation sites (N-methyl/N-ethyl adjacent to an activating group) is 1. The van der Waals surface area contributed by atoms with Gasteiger partial charge in [-0.1, -0.05) is 22.9 Å². The predicted octanol–water partition coefficient (Wildman–Crippen LogP) is 2.40. The highest BCUT2D eigenvalue weighted by atomic mass is 79.9. The van der Waals surface area contributed by atoms with Crippen molar-refractivity contribution in [1.82, 2.24) is 4.90 Å². The Labute approximate surface area is 120 Å². The topological polar surface area (TPSA) is 49.4 Å². The van der Waals surface area contributed by atoms with E-state index in [4.69, 9.17) is 0 Å². The molecule has 1 aromatic rings. The minimum absolute atomic E-state index is 0.0433. The van der Waals surface area contributed by atoms with Crippen LogP contribution in [-0.2, 0) is 9.59 Å². The number of benzene rings is 1. The molecule has 0 aromatic heterocycles. The van der Waals surface area contributed by atoms with Crippen molar-refractivity contribution in [2.45, 2.75) is 18.2 Å². The van der Waals surface area contributed by atoms with Crippen molar-refractivity contribution in [3.63, 3.8) is 0 Å². The molecule has 0 aliphatic carbocycles. The fourth-order valence-corrected chi connectivity index (χ4v) is 1.79. The fourth-order valence-electron chi connectivity index (χ4n) is 1.44. The van der Waals surface area contributed by atoms with Gasteiger partial charge in [0.25, 0.3) is 0 Å². The Hall–Kier alpha value is -1.43. The summed E-state index contributed by atoms with van der Waals surface area (Å²) < 4.78 is 12.7. The van der Waals surface area contributed by atoms with Gasteiger partial charge in [0.2, 0.25) is 11.8 Å². The zero-order chi connectivity index (χ0) is 14.4. The first kappa shape index (κ1) is 15.6. The van der Waals surface area contributed by atoms with Crippen LogP contribution in [0.1, 0.15) is 13.3 Å². The van der Waals surface area contributed by atoms with Crippen molar-refractivity contribution < 1.29 is 14.0 Å². The van der Waals surface area contributed by atoms with E-state index in [1.165, 1.54) is 29.2 Å². The number of hydrogen-bond acceptors (Lipinski definition) is 2. The third-order valence-electron chi connectivity index (χ3n) is 2.51. The minimum atomic E-state index is -0.365. The van der Waals surface area contributed by atoms with Crippen LogP contribution < -0.4 is 5.32 Å². The van der Waals surface area contributed by atoms with Gasteiger partial charge < -0.3 is 10.2 Å². The molecular formula is C13H16BrFN2O2. The molecule has 1 unspecified atom stereocenters. The second-order valence-electron chi connectivity index (χ2n) is 4.13. The summed E-state index contributed by atoms with van der Waals surface area (Å²) in [4.78, 5) is 24.5. The Morgan fingerprint density at radius 1 is 1.37 bits per heavy atom. The first-order valence-corrected chi connectivity index (χ1v) is 6.80. The number of hydrogen-bond donors (Lipinski definition) is 1. The van der Waals surface area contributed by atoms with Crippen LogP contribution in [0.4, 0.5) is 10.1 Å². The molecule has 1 aromatic carbocycles. The molecule has 1 rings (SSSR count). The van der Waals surface area contributed by atoms with Crippen molar-refractivity contribution in [3.05, 3.63) is 30.1 Å². The molecule has 0 heterocycles. The van der Waals surface area contributed by atoms with Gasteiger partial charge in [-0.05, 0) is 30.7 Å². The number of anilines is 1. The third kappa shape index (κ3) is 4.98. The molecule has 1 atom stereocenters. The molecule has 6 heteroatoms. The van der Waals surface area contributed by atoms with Crippen molar-refractivity contribution >= 4 is 33.4 Å². The summed E-state index contributed by atoms with van der Waals surface area (Å²) in [6, 6.07) is 5.45. The van der Waals surface area contributed by atoms with E-state index in [0.717, 1.165) is 0 Å². The largest absolute Gasteiger partial charge is 0.335 e. The molecule has 2 amide bonds. The Morgan fingerprint density at radius 3 is 2.47 bits per heavy atom. The molecule has 0 bridgehead atoms. The van der Waals surface area contributed by atoms with Crippen LogP contribution in [0.25, 0.3) is 0 Å². The summed E-state index contributed by atoms with van der Waals surface area (Å²) >= 11 is 3.24. The summed E-state index contributed by atoms with van der Waals surface area (Å²) in [5.41, 5.74) is 0.498. The molecular weight excluding hydrogens is 315 g/mol. The van der Waals surface area contributed by atoms with Crippen molar-refractivity contribution in [1.29, 1.82) is 0 Å². The van der Waals surface area contributed by atoms with Gasteiger partial charge >= 0.3 is 0 Å². The number of rotatable bonds is 5. The smallest absolute Gasteiger partial charge is 0.243 e. The molecule has 0 aliphatic heterocycles. The molecule has 104 valence electrons. The zero-order valence-corrected chi connectivity index (χ0v) is 12.4. The van der Waals surface area contributed by atoms with Crippen molar-refractivity contribution in [2.75, 3.05) is 18.9 Å². The lowest BCUT2D eigenvalue weighted by atomic mass is 10.3. The minimum Gasteiger partial charge on any atom is -0.335 e. The fraction of sp³-hybridized carbons (Fsp3) is 0.385. The zero-order valence-electron chi connectivity index (χ0n) is 10.8. The Morgan fingerprint density at radius 2 is 1.95 bits per heavy atom. The molecule has 0 aliphatic rings. The first-order chi connectivity index (χ1) is 8.93. The third-order valence-corrected chi connectivity index (χ3v) is 3.55. The van der Waals surface area contributed by atoms with Gasteiger partial charge in [0.05, 0.1) is 11.4 Å². The molecule has 4 nitrogen and oxygen atoms in total. The van der Waals surface area contributed by atoms with E-state index < -0.39 is 0 Å². The maximum atomic E-state index is 12.7. The van der Waals surface area contributed by atoms with E-state index in [0.29, 0.717) is 12.1 Å². The standard InChI is InChI=1S/C13H16BrFN2O2/c1-3-11(14)13(19)17(2)8-12(18)16-10-6-4-9(15)5-7-10/h4-7,11H,3,8H2,1-2H3,(H,16,18). The molecule has 1 N–H and O–H groups in total. The highest BCUT2D eigenvalue weighted by Gasteiger charge is 2.19. The number of alkyl halides is 1. The monoisotopic (exact) mass is 330 g/mol. The van der Waals surface area contributed by atoms with Crippen LogP contribution in [0.3, 0.4) is 0 Å². The van der Waals surface area contributed by atoms with Crippen LogP contribution in [0, 0.1) is 5.82 Å². The molecule has 0 radical (unpaired) electrons. The maximum absolute atomic E-state index is 12.7. The number of nitrogens with zero attached hydrogens (tertiary/aromatic N) is 1. The molecule has 0 spiro atoms. The van der Waals surface area contributed by atoms with Crippen LogP contribution in [-0.4, -0.2) is 35.1 Å². The van der Waals surface area contributed by atoms with E-state index in [1.54, 1.807) is 7.05 Å². The van der Waals surface area contributed by atoms with Crippen LogP contribution in [0.2, 0.25) is 0 Å².